The van der Waals surface area contributed by atoms with Gasteiger partial charge in [-0.05, 0) is 61.0 Å². The number of primary sulfonamides is 1. The van der Waals surface area contributed by atoms with Crippen LogP contribution in [-0.2, 0) is 21.3 Å². The Bertz CT molecular complexity index is 1730. The molecule has 8 nitrogen and oxygen atoms in total. The number of carbonyl (C=O) groups is 2. The first-order valence-electron chi connectivity index (χ1n) is 12.4. The monoisotopic (exact) mass is 571 g/mol. The van der Waals surface area contributed by atoms with Crippen LogP contribution in [0.3, 0.4) is 0 Å². The molecule has 0 fully saturated rings. The summed E-state index contributed by atoms with van der Waals surface area (Å²) in [4.78, 5) is 32.1. The normalized spacial score (nSPS) is 12.4. The van der Waals surface area contributed by atoms with Crippen molar-refractivity contribution in [1.82, 2.24) is 5.32 Å². The molecule has 4 aromatic carbocycles. The second-order valence-electron chi connectivity index (χ2n) is 8.91. The predicted octanol–water partition coefficient (Wildman–Crippen LogP) is 5.07. The lowest BCUT2D eigenvalue weighted by Crippen LogP contribution is -2.22. The number of benzene rings is 4. The molecule has 1 aliphatic heterocycles. The van der Waals surface area contributed by atoms with E-state index >= 15 is 0 Å². The molecule has 10 heteroatoms. The maximum absolute atomic E-state index is 13.0. The summed E-state index contributed by atoms with van der Waals surface area (Å²) in [6, 6.07) is 26.5. The van der Waals surface area contributed by atoms with Crippen molar-refractivity contribution in [1.29, 1.82) is 0 Å². The zero-order valence-corrected chi connectivity index (χ0v) is 23.1. The molecule has 1 amide bonds. The van der Waals surface area contributed by atoms with Gasteiger partial charge in [-0.25, -0.2) is 23.3 Å². The lowest BCUT2D eigenvalue weighted by molar-refractivity contribution is 0.0526. The van der Waals surface area contributed by atoms with E-state index in [1.807, 2.05) is 42.5 Å². The molecular formula is C30H25N3O5S2. The van der Waals surface area contributed by atoms with Crippen molar-refractivity contribution in [3.05, 3.63) is 119 Å². The maximum atomic E-state index is 13.0. The smallest absolute Gasteiger partial charge is 0.338 e. The SMILES string of the molecule is CCOC(=O)c1ccc(C2=Nc3cc(C(=O)NCc4ccc(S(N)(=O)=O)cc4)ccc3Sc3ccccc32)cc1. The van der Waals surface area contributed by atoms with E-state index in [0.29, 0.717) is 23.4 Å². The molecule has 1 heterocycles. The van der Waals surface area contributed by atoms with Crippen LogP contribution in [0.4, 0.5) is 5.69 Å². The van der Waals surface area contributed by atoms with Gasteiger partial charge in [0.1, 0.15) is 0 Å². The van der Waals surface area contributed by atoms with E-state index in [1.165, 1.54) is 12.1 Å². The highest BCUT2D eigenvalue weighted by atomic mass is 32.2. The number of hydrogen-bond acceptors (Lipinski definition) is 7. The minimum atomic E-state index is -3.78. The first-order valence-corrected chi connectivity index (χ1v) is 14.8. The molecule has 0 saturated carbocycles. The number of fused-ring (bicyclic) bond motifs is 2. The number of nitrogens with two attached hydrogens (primary N) is 1. The molecule has 3 N–H and O–H groups in total. The van der Waals surface area contributed by atoms with Crippen molar-refractivity contribution in [2.75, 3.05) is 6.61 Å². The van der Waals surface area contributed by atoms with Crippen LogP contribution in [-0.4, -0.2) is 32.6 Å². The van der Waals surface area contributed by atoms with E-state index in [1.54, 1.807) is 55.1 Å². The minimum absolute atomic E-state index is 0.0102. The van der Waals surface area contributed by atoms with E-state index in [0.717, 1.165) is 32.2 Å². The summed E-state index contributed by atoms with van der Waals surface area (Å²) in [6.07, 6.45) is 0. The van der Waals surface area contributed by atoms with Gasteiger partial charge in [-0.15, -0.1) is 0 Å². The Morgan fingerprint density at radius 3 is 2.30 bits per heavy atom. The van der Waals surface area contributed by atoms with Gasteiger partial charge in [0.15, 0.2) is 0 Å². The minimum Gasteiger partial charge on any atom is -0.462 e. The van der Waals surface area contributed by atoms with E-state index in [-0.39, 0.29) is 23.3 Å². The molecule has 40 heavy (non-hydrogen) atoms. The van der Waals surface area contributed by atoms with Gasteiger partial charge in [-0.1, -0.05) is 54.2 Å². The number of esters is 1. The van der Waals surface area contributed by atoms with Crippen molar-refractivity contribution in [3.63, 3.8) is 0 Å². The average molecular weight is 572 g/mol. The van der Waals surface area contributed by atoms with Crippen molar-refractivity contribution >= 4 is 45.1 Å². The molecule has 0 radical (unpaired) electrons. The number of nitrogens with one attached hydrogen (secondary N) is 1. The first kappa shape index (κ1) is 27.3. The molecule has 0 saturated heterocycles. The van der Waals surface area contributed by atoms with E-state index < -0.39 is 10.0 Å². The molecular weight excluding hydrogens is 546 g/mol. The van der Waals surface area contributed by atoms with Crippen molar-refractivity contribution in [2.24, 2.45) is 10.1 Å². The number of nitrogens with zero attached hydrogens (tertiary/aromatic N) is 1. The maximum Gasteiger partial charge on any atom is 0.338 e. The van der Waals surface area contributed by atoms with Crippen LogP contribution in [0.5, 0.6) is 0 Å². The quantitative estimate of drug-likeness (QED) is 0.263. The van der Waals surface area contributed by atoms with Gasteiger partial charge in [0.05, 0.1) is 28.5 Å². The van der Waals surface area contributed by atoms with Gasteiger partial charge in [0.25, 0.3) is 5.91 Å². The van der Waals surface area contributed by atoms with Gasteiger partial charge < -0.3 is 10.1 Å². The molecule has 0 unspecified atom stereocenters. The second kappa shape index (κ2) is 11.5. The topological polar surface area (TPSA) is 128 Å². The zero-order valence-electron chi connectivity index (χ0n) is 21.5. The fraction of sp³-hybridized carbons (Fsp3) is 0.100. The summed E-state index contributed by atoms with van der Waals surface area (Å²) in [7, 11) is -3.78. The highest BCUT2D eigenvalue weighted by molar-refractivity contribution is 7.99. The molecule has 0 bridgehead atoms. The number of rotatable bonds is 7. The molecule has 0 aliphatic carbocycles. The Hall–Kier alpha value is -4.25. The Labute approximate surface area is 236 Å². The standard InChI is InChI=1S/C30H25N3O5S2/c1-2-38-30(35)21-11-9-20(10-12-21)28-24-5-3-4-6-26(24)39-27-16-13-22(17-25(27)33-28)29(34)32-18-19-7-14-23(15-8-19)40(31,36)37/h3-17H,2,18H2,1H3,(H,32,34)(H2,31,36,37). The predicted molar refractivity (Wildman–Crippen MR) is 154 cm³/mol. The second-order valence-corrected chi connectivity index (χ2v) is 11.6. The summed E-state index contributed by atoms with van der Waals surface area (Å²) in [5.41, 5.74) is 4.77. The van der Waals surface area contributed by atoms with Crippen LogP contribution in [0.25, 0.3) is 0 Å². The fourth-order valence-corrected chi connectivity index (χ4v) is 5.68. The van der Waals surface area contributed by atoms with Crippen molar-refractivity contribution in [3.8, 4) is 0 Å². The summed E-state index contributed by atoms with van der Waals surface area (Å²) < 4.78 is 28.0. The number of carbonyl (C=O) groups excluding carboxylic acids is 2. The van der Waals surface area contributed by atoms with E-state index in [4.69, 9.17) is 14.9 Å². The molecule has 0 spiro atoms. The van der Waals surface area contributed by atoms with Crippen LogP contribution in [0, 0.1) is 0 Å². The van der Waals surface area contributed by atoms with Gasteiger partial charge in [0.2, 0.25) is 10.0 Å². The molecule has 5 rings (SSSR count). The van der Waals surface area contributed by atoms with Gasteiger partial charge >= 0.3 is 5.97 Å². The number of amides is 1. The third-order valence-corrected chi connectivity index (χ3v) is 8.26. The molecule has 1 aliphatic rings. The molecule has 0 atom stereocenters. The van der Waals surface area contributed by atoms with Gasteiger partial charge in [-0.2, -0.15) is 0 Å². The summed E-state index contributed by atoms with van der Waals surface area (Å²) in [5.74, 6) is -0.671. The highest BCUT2D eigenvalue weighted by Crippen LogP contribution is 2.41. The number of aliphatic imine (C=N–C) groups is 1. The van der Waals surface area contributed by atoms with Crippen molar-refractivity contribution < 1.29 is 22.7 Å². The largest absolute Gasteiger partial charge is 0.462 e. The summed E-state index contributed by atoms with van der Waals surface area (Å²) >= 11 is 1.57. The third-order valence-electron chi connectivity index (χ3n) is 6.19. The average Bonchev–Trinajstić information content (AvgIpc) is 3.12. The number of ether oxygens (including phenoxy) is 1. The summed E-state index contributed by atoms with van der Waals surface area (Å²) in [6.45, 7) is 2.28. The fourth-order valence-electron chi connectivity index (χ4n) is 4.16. The Kier molecular flexibility index (Phi) is 7.83. The van der Waals surface area contributed by atoms with Crippen molar-refractivity contribution in [2.45, 2.75) is 28.2 Å². The Balaban J connectivity index is 1.43. The van der Waals surface area contributed by atoms with Crippen LogP contribution < -0.4 is 10.5 Å². The van der Waals surface area contributed by atoms with E-state index in [9.17, 15) is 18.0 Å². The number of sulfonamides is 1. The van der Waals surface area contributed by atoms with Crippen LogP contribution in [0.2, 0.25) is 0 Å². The van der Waals surface area contributed by atoms with E-state index in [2.05, 4.69) is 5.32 Å². The molecule has 4 aromatic rings. The van der Waals surface area contributed by atoms with Crippen LogP contribution >= 0.6 is 11.8 Å². The Morgan fingerprint density at radius 1 is 0.900 bits per heavy atom. The highest BCUT2D eigenvalue weighted by Gasteiger charge is 2.20. The molecule has 202 valence electrons. The lowest BCUT2D eigenvalue weighted by atomic mass is 10.0. The number of hydrogen-bond donors (Lipinski definition) is 2. The van der Waals surface area contributed by atoms with Gasteiger partial charge in [-0.3, -0.25) is 4.79 Å². The summed E-state index contributed by atoms with van der Waals surface area (Å²) in [5, 5.41) is 8.01. The Morgan fingerprint density at radius 2 is 1.60 bits per heavy atom. The van der Waals surface area contributed by atoms with Crippen LogP contribution in [0.1, 0.15) is 44.3 Å². The first-order chi connectivity index (χ1) is 19.2. The lowest BCUT2D eigenvalue weighted by Gasteiger charge is -2.10. The molecule has 0 aromatic heterocycles. The zero-order chi connectivity index (χ0) is 28.3. The third kappa shape index (κ3) is 5.99. The van der Waals surface area contributed by atoms with Crippen LogP contribution in [0.15, 0.2) is 111 Å². The van der Waals surface area contributed by atoms with Gasteiger partial charge in [0, 0.05) is 33.0 Å².